The van der Waals surface area contributed by atoms with Gasteiger partial charge in [-0.05, 0) is 54.7 Å². The molecule has 0 aromatic heterocycles. The van der Waals surface area contributed by atoms with E-state index in [1.54, 1.807) is 0 Å². The first-order chi connectivity index (χ1) is 13.9. The zero-order chi connectivity index (χ0) is 21.0. The molecule has 0 radical (unpaired) electrons. The average Bonchev–Trinajstić information content (AvgIpc) is 2.91. The van der Waals surface area contributed by atoms with E-state index in [4.69, 9.17) is 4.74 Å². The predicted molar refractivity (Wildman–Crippen MR) is 116 cm³/mol. The van der Waals surface area contributed by atoms with Crippen LogP contribution in [0.25, 0.3) is 5.57 Å². The Morgan fingerprint density at radius 1 is 1.03 bits per heavy atom. The van der Waals surface area contributed by atoms with E-state index in [0.29, 0.717) is 42.3 Å². The molecule has 0 saturated heterocycles. The summed E-state index contributed by atoms with van der Waals surface area (Å²) in [5, 5.41) is 3.19. The van der Waals surface area contributed by atoms with Crippen LogP contribution in [-0.4, -0.2) is 29.9 Å². The molecule has 5 nitrogen and oxygen atoms in total. The Hall–Kier alpha value is -3.08. The lowest BCUT2D eigenvalue weighted by molar-refractivity contribution is -0.136. The molecule has 2 aromatic carbocycles. The lowest BCUT2D eigenvalue weighted by Gasteiger charge is -2.14. The lowest BCUT2D eigenvalue weighted by atomic mass is 10.0. The molecule has 0 spiro atoms. The van der Waals surface area contributed by atoms with E-state index in [0.717, 1.165) is 17.0 Å². The van der Waals surface area contributed by atoms with Gasteiger partial charge >= 0.3 is 0 Å². The van der Waals surface area contributed by atoms with Gasteiger partial charge in [0.1, 0.15) is 11.4 Å². The number of anilines is 1. The molecule has 3 rings (SSSR count). The van der Waals surface area contributed by atoms with Gasteiger partial charge in [0.15, 0.2) is 0 Å². The highest BCUT2D eigenvalue weighted by Crippen LogP contribution is 2.31. The van der Waals surface area contributed by atoms with Gasteiger partial charge in [0.25, 0.3) is 11.8 Å². The van der Waals surface area contributed by atoms with Crippen LogP contribution in [0.3, 0.4) is 0 Å². The normalized spacial score (nSPS) is 14.2. The second kappa shape index (κ2) is 8.95. The molecule has 0 aliphatic carbocycles. The number of imide groups is 1. The number of carbonyl (C=O) groups excluding carboxylic acids is 2. The van der Waals surface area contributed by atoms with Crippen molar-refractivity contribution in [2.75, 3.05) is 18.5 Å². The SMILES string of the molecule is CCCN1C(=O)C(Nc2cccc(C)c2)=C(c2ccc(OCC(C)C)cc2)C1=O. The van der Waals surface area contributed by atoms with E-state index in [1.807, 2.05) is 62.4 Å². The Kier molecular flexibility index (Phi) is 6.37. The number of amides is 2. The molecule has 0 saturated carbocycles. The highest BCUT2D eigenvalue weighted by atomic mass is 16.5. The van der Waals surface area contributed by atoms with Crippen molar-refractivity contribution >= 4 is 23.1 Å². The quantitative estimate of drug-likeness (QED) is 0.666. The minimum Gasteiger partial charge on any atom is -0.493 e. The van der Waals surface area contributed by atoms with Crippen molar-refractivity contribution in [2.24, 2.45) is 5.92 Å². The van der Waals surface area contributed by atoms with Crippen molar-refractivity contribution in [1.82, 2.24) is 4.90 Å². The van der Waals surface area contributed by atoms with Crippen molar-refractivity contribution in [1.29, 1.82) is 0 Å². The van der Waals surface area contributed by atoms with Crippen LogP contribution < -0.4 is 10.1 Å². The Morgan fingerprint density at radius 3 is 2.38 bits per heavy atom. The third kappa shape index (κ3) is 4.67. The van der Waals surface area contributed by atoms with Gasteiger partial charge < -0.3 is 10.1 Å². The Bertz CT molecular complexity index is 929. The van der Waals surface area contributed by atoms with E-state index in [-0.39, 0.29) is 11.8 Å². The topological polar surface area (TPSA) is 58.6 Å². The van der Waals surface area contributed by atoms with Gasteiger partial charge in [0.2, 0.25) is 0 Å². The Labute approximate surface area is 172 Å². The van der Waals surface area contributed by atoms with Crippen LogP contribution in [0.5, 0.6) is 5.75 Å². The third-order valence-corrected chi connectivity index (χ3v) is 4.63. The van der Waals surface area contributed by atoms with Gasteiger partial charge in [-0.2, -0.15) is 0 Å². The van der Waals surface area contributed by atoms with E-state index in [2.05, 4.69) is 19.2 Å². The van der Waals surface area contributed by atoms with Crippen LogP contribution in [-0.2, 0) is 9.59 Å². The maximum atomic E-state index is 13.0. The van der Waals surface area contributed by atoms with Gasteiger partial charge in [-0.3, -0.25) is 14.5 Å². The summed E-state index contributed by atoms with van der Waals surface area (Å²) in [6.07, 6.45) is 0.713. The van der Waals surface area contributed by atoms with E-state index >= 15 is 0 Å². The summed E-state index contributed by atoms with van der Waals surface area (Å²) in [7, 11) is 0. The van der Waals surface area contributed by atoms with Gasteiger partial charge in [-0.25, -0.2) is 0 Å². The number of nitrogens with one attached hydrogen (secondary N) is 1. The number of ether oxygens (including phenoxy) is 1. The van der Waals surface area contributed by atoms with Crippen LogP contribution in [0.2, 0.25) is 0 Å². The van der Waals surface area contributed by atoms with Crippen LogP contribution in [0, 0.1) is 12.8 Å². The minimum atomic E-state index is -0.284. The number of benzene rings is 2. The van der Waals surface area contributed by atoms with E-state index < -0.39 is 0 Å². The first-order valence-electron chi connectivity index (χ1n) is 10.1. The van der Waals surface area contributed by atoms with Crippen molar-refractivity contribution in [3.05, 3.63) is 65.4 Å². The fourth-order valence-electron chi connectivity index (χ4n) is 3.23. The fraction of sp³-hybridized carbons (Fsp3) is 0.333. The number of rotatable bonds is 8. The summed E-state index contributed by atoms with van der Waals surface area (Å²) >= 11 is 0. The first kappa shape index (κ1) is 20.6. The molecule has 1 N–H and O–H groups in total. The number of aryl methyl sites for hydroxylation is 1. The van der Waals surface area contributed by atoms with Crippen molar-refractivity contribution in [3.8, 4) is 5.75 Å². The second-order valence-corrected chi connectivity index (χ2v) is 7.74. The third-order valence-electron chi connectivity index (χ3n) is 4.63. The van der Waals surface area contributed by atoms with Crippen LogP contribution in [0.4, 0.5) is 5.69 Å². The first-order valence-corrected chi connectivity index (χ1v) is 10.1. The molecular formula is C24H28N2O3. The molecule has 0 unspecified atom stereocenters. The van der Waals surface area contributed by atoms with Crippen molar-refractivity contribution in [2.45, 2.75) is 34.1 Å². The molecule has 2 amide bonds. The number of hydrogen-bond acceptors (Lipinski definition) is 4. The second-order valence-electron chi connectivity index (χ2n) is 7.74. The largest absolute Gasteiger partial charge is 0.493 e. The van der Waals surface area contributed by atoms with Gasteiger partial charge in [0.05, 0.1) is 12.2 Å². The molecule has 1 aliphatic rings. The Morgan fingerprint density at radius 2 is 1.76 bits per heavy atom. The summed E-state index contributed by atoms with van der Waals surface area (Å²) in [5.74, 6) is 0.633. The van der Waals surface area contributed by atoms with Crippen molar-refractivity contribution < 1.29 is 14.3 Å². The number of nitrogens with zero attached hydrogens (tertiary/aromatic N) is 1. The van der Waals surface area contributed by atoms with Crippen LogP contribution in [0.1, 0.15) is 38.3 Å². The van der Waals surface area contributed by atoms with Gasteiger partial charge in [-0.15, -0.1) is 0 Å². The van der Waals surface area contributed by atoms with Gasteiger partial charge in [0, 0.05) is 12.2 Å². The molecule has 0 atom stereocenters. The molecule has 1 aliphatic heterocycles. The molecule has 29 heavy (non-hydrogen) atoms. The average molecular weight is 392 g/mol. The molecular weight excluding hydrogens is 364 g/mol. The molecule has 2 aromatic rings. The van der Waals surface area contributed by atoms with E-state index in [1.165, 1.54) is 4.90 Å². The maximum absolute atomic E-state index is 13.0. The lowest BCUT2D eigenvalue weighted by Crippen LogP contribution is -2.33. The molecule has 5 heteroatoms. The molecule has 1 heterocycles. The van der Waals surface area contributed by atoms with Crippen molar-refractivity contribution in [3.63, 3.8) is 0 Å². The summed E-state index contributed by atoms with van der Waals surface area (Å²) in [6, 6.07) is 15.1. The number of carbonyl (C=O) groups is 2. The zero-order valence-corrected chi connectivity index (χ0v) is 17.5. The maximum Gasteiger partial charge on any atom is 0.278 e. The van der Waals surface area contributed by atoms with Crippen LogP contribution in [0.15, 0.2) is 54.2 Å². The van der Waals surface area contributed by atoms with Crippen LogP contribution >= 0.6 is 0 Å². The smallest absolute Gasteiger partial charge is 0.278 e. The zero-order valence-electron chi connectivity index (χ0n) is 17.5. The predicted octanol–water partition coefficient (Wildman–Crippen LogP) is 4.63. The van der Waals surface area contributed by atoms with Gasteiger partial charge in [-0.1, -0.05) is 45.0 Å². The summed E-state index contributed by atoms with van der Waals surface area (Å²) < 4.78 is 5.73. The fourth-order valence-corrected chi connectivity index (χ4v) is 3.23. The van der Waals surface area contributed by atoms with E-state index in [9.17, 15) is 9.59 Å². The summed E-state index contributed by atoms with van der Waals surface area (Å²) in [6.45, 7) is 9.15. The number of hydrogen-bond donors (Lipinski definition) is 1. The molecule has 0 bridgehead atoms. The summed E-state index contributed by atoms with van der Waals surface area (Å²) in [5.41, 5.74) is 3.29. The monoisotopic (exact) mass is 392 g/mol. The minimum absolute atomic E-state index is 0.261. The molecule has 152 valence electrons. The highest BCUT2D eigenvalue weighted by molar-refractivity contribution is 6.36. The highest BCUT2D eigenvalue weighted by Gasteiger charge is 2.38. The Balaban J connectivity index is 1.96. The molecule has 0 fully saturated rings. The summed E-state index contributed by atoms with van der Waals surface area (Å²) in [4.78, 5) is 27.3. The standard InChI is InChI=1S/C24H28N2O3/c1-5-13-26-23(27)21(18-9-11-20(12-10-18)29-15-16(2)3)22(24(26)28)25-19-8-6-7-17(4)14-19/h6-12,14,16,25H,5,13,15H2,1-4H3.